The van der Waals surface area contributed by atoms with Gasteiger partial charge in [0, 0.05) is 19.5 Å². The van der Waals surface area contributed by atoms with Crippen LogP contribution in [0.3, 0.4) is 0 Å². The molecule has 0 bridgehead atoms. The molecule has 0 spiro atoms. The first-order chi connectivity index (χ1) is 15.1. The second-order valence-corrected chi connectivity index (χ2v) is 8.28. The van der Waals surface area contributed by atoms with E-state index in [0.717, 1.165) is 5.56 Å². The first kappa shape index (κ1) is 23.3. The number of methoxy groups -OCH3 is 1. The summed E-state index contributed by atoms with van der Waals surface area (Å²) in [5.74, 6) is -2.63. The lowest BCUT2D eigenvalue weighted by atomic mass is 10.1. The van der Waals surface area contributed by atoms with E-state index in [9.17, 15) is 14.4 Å². The first-order valence-electron chi connectivity index (χ1n) is 9.64. The number of hydrogen-bond donors (Lipinski definition) is 1. The number of aryl methyl sites for hydroxylation is 1. The second-order valence-electron chi connectivity index (χ2n) is 7.42. The number of nitrogens with one attached hydrogen (secondary N) is 1. The van der Waals surface area contributed by atoms with Crippen LogP contribution in [0.25, 0.3) is 6.08 Å². The van der Waals surface area contributed by atoms with E-state index in [1.165, 1.54) is 27.0 Å². The van der Waals surface area contributed by atoms with Gasteiger partial charge in [-0.3, -0.25) is 4.79 Å². The SMILES string of the molecule is COc1cc(C=C2C(=O)OC(C)(C)OC2=O)cc(Br)c1OCC(=O)Nc1ccccc1C. The normalized spacial score (nSPS) is 14.8. The van der Waals surface area contributed by atoms with Crippen LogP contribution >= 0.6 is 15.9 Å². The molecule has 1 fully saturated rings. The van der Waals surface area contributed by atoms with E-state index >= 15 is 0 Å². The second kappa shape index (κ2) is 9.44. The van der Waals surface area contributed by atoms with E-state index in [4.69, 9.17) is 18.9 Å². The van der Waals surface area contributed by atoms with Crippen LogP contribution in [-0.4, -0.2) is 37.3 Å². The van der Waals surface area contributed by atoms with Crippen LogP contribution in [0.15, 0.2) is 46.4 Å². The Morgan fingerprint density at radius 1 is 1.16 bits per heavy atom. The molecule has 9 heteroatoms. The molecule has 0 aromatic heterocycles. The van der Waals surface area contributed by atoms with Crippen LogP contribution < -0.4 is 14.8 Å². The molecule has 32 heavy (non-hydrogen) atoms. The summed E-state index contributed by atoms with van der Waals surface area (Å²) in [7, 11) is 1.44. The zero-order chi connectivity index (χ0) is 23.5. The van der Waals surface area contributed by atoms with Gasteiger partial charge < -0.3 is 24.3 Å². The third kappa shape index (κ3) is 5.47. The maximum Gasteiger partial charge on any atom is 0.348 e. The molecule has 2 aromatic carbocycles. The zero-order valence-electron chi connectivity index (χ0n) is 18.0. The highest BCUT2D eigenvalue weighted by Crippen LogP contribution is 2.37. The third-order valence-electron chi connectivity index (χ3n) is 4.45. The van der Waals surface area contributed by atoms with E-state index < -0.39 is 17.7 Å². The molecule has 2 aromatic rings. The zero-order valence-corrected chi connectivity index (χ0v) is 19.6. The van der Waals surface area contributed by atoms with Crippen molar-refractivity contribution in [2.75, 3.05) is 19.0 Å². The van der Waals surface area contributed by atoms with Crippen LogP contribution in [0.4, 0.5) is 5.69 Å². The van der Waals surface area contributed by atoms with Gasteiger partial charge in [0.05, 0.1) is 11.6 Å². The van der Waals surface area contributed by atoms with Crippen molar-refractivity contribution in [1.29, 1.82) is 0 Å². The molecule has 0 radical (unpaired) electrons. The van der Waals surface area contributed by atoms with E-state index in [-0.39, 0.29) is 18.1 Å². The largest absolute Gasteiger partial charge is 0.493 e. The van der Waals surface area contributed by atoms with Crippen molar-refractivity contribution in [2.45, 2.75) is 26.6 Å². The number of rotatable bonds is 6. The van der Waals surface area contributed by atoms with Crippen molar-refractivity contribution >= 4 is 45.5 Å². The predicted molar refractivity (Wildman–Crippen MR) is 120 cm³/mol. The van der Waals surface area contributed by atoms with Crippen molar-refractivity contribution < 1.29 is 33.3 Å². The molecule has 1 aliphatic rings. The van der Waals surface area contributed by atoms with E-state index in [2.05, 4.69) is 21.2 Å². The van der Waals surface area contributed by atoms with Gasteiger partial charge in [-0.05, 0) is 58.3 Å². The van der Waals surface area contributed by atoms with Crippen molar-refractivity contribution in [3.8, 4) is 11.5 Å². The summed E-state index contributed by atoms with van der Waals surface area (Å²) in [6.07, 6.45) is 1.34. The highest BCUT2D eigenvalue weighted by atomic mass is 79.9. The van der Waals surface area contributed by atoms with Gasteiger partial charge in [0.25, 0.3) is 11.7 Å². The van der Waals surface area contributed by atoms with Gasteiger partial charge >= 0.3 is 11.9 Å². The van der Waals surface area contributed by atoms with Crippen LogP contribution in [0.1, 0.15) is 25.0 Å². The number of cyclic esters (lactones) is 2. The minimum Gasteiger partial charge on any atom is -0.493 e. The highest BCUT2D eigenvalue weighted by molar-refractivity contribution is 9.10. The van der Waals surface area contributed by atoms with Gasteiger partial charge in [0.15, 0.2) is 18.1 Å². The van der Waals surface area contributed by atoms with E-state index in [1.54, 1.807) is 18.2 Å². The summed E-state index contributed by atoms with van der Waals surface area (Å²) >= 11 is 3.38. The molecule has 1 N–H and O–H groups in total. The number of esters is 2. The van der Waals surface area contributed by atoms with Gasteiger partial charge in [-0.1, -0.05) is 18.2 Å². The minimum absolute atomic E-state index is 0.246. The molecule has 0 aliphatic carbocycles. The number of anilines is 1. The Labute approximate surface area is 193 Å². The number of para-hydroxylation sites is 1. The Hall–Kier alpha value is -3.33. The van der Waals surface area contributed by atoms with Crippen molar-refractivity contribution in [1.82, 2.24) is 0 Å². The maximum atomic E-state index is 12.3. The summed E-state index contributed by atoms with van der Waals surface area (Å²) in [6, 6.07) is 10.6. The lowest BCUT2D eigenvalue weighted by Crippen LogP contribution is -2.41. The quantitative estimate of drug-likeness (QED) is 0.361. The fourth-order valence-electron chi connectivity index (χ4n) is 2.95. The molecular formula is C23H22BrNO7. The van der Waals surface area contributed by atoms with Crippen LogP contribution in [-0.2, 0) is 23.9 Å². The van der Waals surface area contributed by atoms with Crippen LogP contribution in [0, 0.1) is 6.92 Å². The molecule has 3 rings (SSSR count). The molecular weight excluding hydrogens is 482 g/mol. The smallest absolute Gasteiger partial charge is 0.348 e. The van der Waals surface area contributed by atoms with Gasteiger partial charge in [-0.15, -0.1) is 0 Å². The molecule has 1 saturated heterocycles. The Bertz CT molecular complexity index is 1090. The van der Waals surface area contributed by atoms with Crippen LogP contribution in [0.2, 0.25) is 0 Å². The van der Waals surface area contributed by atoms with Gasteiger partial charge in [-0.2, -0.15) is 0 Å². The topological polar surface area (TPSA) is 100 Å². The fraction of sp³-hybridized carbons (Fsp3) is 0.261. The fourth-order valence-corrected chi connectivity index (χ4v) is 3.52. The van der Waals surface area contributed by atoms with Crippen molar-refractivity contribution in [3.05, 3.63) is 57.6 Å². The highest BCUT2D eigenvalue weighted by Gasteiger charge is 2.38. The predicted octanol–water partition coefficient (Wildman–Crippen LogP) is 4.00. The molecule has 168 valence electrons. The maximum absolute atomic E-state index is 12.3. The molecule has 0 atom stereocenters. The number of carbonyl (C=O) groups excluding carboxylic acids is 3. The minimum atomic E-state index is -1.32. The summed E-state index contributed by atoms with van der Waals surface area (Å²) in [6.45, 7) is 4.58. The number of carbonyl (C=O) groups is 3. The standard InChI is InChI=1S/C23H22BrNO7/c1-13-7-5-6-8-17(13)25-19(26)12-30-20-16(24)10-14(11-18(20)29-4)9-15-21(27)31-23(2,3)32-22(15)28/h5-11H,12H2,1-4H3,(H,25,26). The number of ether oxygens (including phenoxy) is 4. The number of halogens is 1. The molecule has 0 saturated carbocycles. The van der Waals surface area contributed by atoms with Crippen LogP contribution in [0.5, 0.6) is 11.5 Å². The Morgan fingerprint density at radius 3 is 2.44 bits per heavy atom. The van der Waals surface area contributed by atoms with E-state index in [1.807, 2.05) is 25.1 Å². The molecule has 1 heterocycles. The van der Waals surface area contributed by atoms with Crippen molar-refractivity contribution in [3.63, 3.8) is 0 Å². The first-order valence-corrected chi connectivity index (χ1v) is 10.4. The van der Waals surface area contributed by atoms with E-state index in [0.29, 0.717) is 27.2 Å². The number of benzene rings is 2. The molecule has 8 nitrogen and oxygen atoms in total. The van der Waals surface area contributed by atoms with Gasteiger partial charge in [-0.25, -0.2) is 9.59 Å². The van der Waals surface area contributed by atoms with Gasteiger partial charge in [0.1, 0.15) is 5.57 Å². The summed E-state index contributed by atoms with van der Waals surface area (Å²) in [5.41, 5.74) is 1.85. The number of amides is 1. The Kier molecular flexibility index (Phi) is 6.88. The molecule has 1 aliphatic heterocycles. The summed E-state index contributed by atoms with van der Waals surface area (Å²) < 4.78 is 21.7. The molecule has 0 unspecified atom stereocenters. The average molecular weight is 504 g/mol. The summed E-state index contributed by atoms with van der Waals surface area (Å²) in [5, 5.41) is 2.79. The Morgan fingerprint density at radius 2 is 1.81 bits per heavy atom. The number of hydrogen-bond acceptors (Lipinski definition) is 7. The summed E-state index contributed by atoms with van der Waals surface area (Å²) in [4.78, 5) is 36.7. The average Bonchev–Trinajstić information content (AvgIpc) is 2.70. The van der Waals surface area contributed by atoms with Crippen molar-refractivity contribution in [2.24, 2.45) is 0 Å². The lowest BCUT2D eigenvalue weighted by molar-refractivity contribution is -0.222. The van der Waals surface area contributed by atoms with Gasteiger partial charge in [0.2, 0.25) is 0 Å². The third-order valence-corrected chi connectivity index (χ3v) is 5.04. The lowest BCUT2D eigenvalue weighted by Gasteiger charge is -2.29. The molecule has 1 amide bonds. The monoisotopic (exact) mass is 503 g/mol. The Balaban J connectivity index is 1.77.